The van der Waals surface area contributed by atoms with E-state index in [2.05, 4.69) is 26.1 Å². The van der Waals surface area contributed by atoms with Gasteiger partial charge in [-0.1, -0.05) is 20.8 Å². The molecule has 0 saturated heterocycles. The molecule has 4 heteroatoms. The first-order valence-corrected chi connectivity index (χ1v) is 7.19. The Labute approximate surface area is 112 Å². The SMILES string of the molecule is CC(C)CCNCC(C)Sc1ccc(F)c(F)c1. The van der Waals surface area contributed by atoms with Crippen LogP contribution in [0.4, 0.5) is 8.78 Å². The summed E-state index contributed by atoms with van der Waals surface area (Å²) < 4.78 is 25.8. The van der Waals surface area contributed by atoms with Crippen LogP contribution >= 0.6 is 11.8 Å². The van der Waals surface area contributed by atoms with Gasteiger partial charge in [-0.2, -0.15) is 0 Å². The van der Waals surface area contributed by atoms with Gasteiger partial charge in [0.15, 0.2) is 11.6 Å². The van der Waals surface area contributed by atoms with Crippen molar-refractivity contribution in [1.29, 1.82) is 0 Å². The van der Waals surface area contributed by atoms with Crippen LogP contribution in [0.1, 0.15) is 27.2 Å². The van der Waals surface area contributed by atoms with Gasteiger partial charge >= 0.3 is 0 Å². The Hall–Kier alpha value is -0.610. The van der Waals surface area contributed by atoms with E-state index < -0.39 is 11.6 Å². The van der Waals surface area contributed by atoms with E-state index in [0.29, 0.717) is 11.2 Å². The number of benzene rings is 1. The van der Waals surface area contributed by atoms with Gasteiger partial charge in [0.25, 0.3) is 0 Å². The monoisotopic (exact) mass is 273 g/mol. The molecule has 0 aromatic heterocycles. The molecule has 0 aliphatic carbocycles. The zero-order valence-corrected chi connectivity index (χ0v) is 12.0. The van der Waals surface area contributed by atoms with Gasteiger partial charge in [0.2, 0.25) is 0 Å². The molecule has 0 amide bonds. The van der Waals surface area contributed by atoms with Crippen molar-refractivity contribution in [1.82, 2.24) is 5.32 Å². The molecule has 18 heavy (non-hydrogen) atoms. The zero-order valence-electron chi connectivity index (χ0n) is 11.2. The zero-order chi connectivity index (χ0) is 13.5. The van der Waals surface area contributed by atoms with E-state index in [4.69, 9.17) is 0 Å². The highest BCUT2D eigenvalue weighted by Gasteiger charge is 2.07. The molecule has 1 N–H and O–H groups in total. The summed E-state index contributed by atoms with van der Waals surface area (Å²) in [6.45, 7) is 8.34. The molecule has 1 aromatic carbocycles. The quantitative estimate of drug-likeness (QED) is 0.593. The van der Waals surface area contributed by atoms with E-state index in [1.807, 2.05) is 0 Å². The van der Waals surface area contributed by atoms with E-state index in [0.717, 1.165) is 24.4 Å². The summed E-state index contributed by atoms with van der Waals surface area (Å²) in [5.74, 6) is -0.867. The number of thioether (sulfide) groups is 1. The molecular formula is C14H21F2NS. The van der Waals surface area contributed by atoms with E-state index in [9.17, 15) is 8.78 Å². The van der Waals surface area contributed by atoms with Crippen LogP contribution in [-0.4, -0.2) is 18.3 Å². The van der Waals surface area contributed by atoms with Crippen molar-refractivity contribution in [2.45, 2.75) is 37.3 Å². The highest BCUT2D eigenvalue weighted by Crippen LogP contribution is 2.24. The van der Waals surface area contributed by atoms with Crippen LogP contribution in [0.2, 0.25) is 0 Å². The Kier molecular flexibility index (Phi) is 6.65. The van der Waals surface area contributed by atoms with E-state index in [1.165, 1.54) is 12.1 Å². The van der Waals surface area contributed by atoms with Crippen molar-refractivity contribution >= 4 is 11.8 Å². The molecule has 0 saturated carbocycles. The minimum Gasteiger partial charge on any atom is -0.316 e. The second-order valence-electron chi connectivity index (χ2n) is 4.89. The molecule has 0 aliphatic rings. The van der Waals surface area contributed by atoms with Gasteiger partial charge in [-0.25, -0.2) is 8.78 Å². The molecule has 0 radical (unpaired) electrons. The number of halogens is 2. The third kappa shape index (κ3) is 5.83. The van der Waals surface area contributed by atoms with Crippen LogP contribution in [0, 0.1) is 17.6 Å². The number of nitrogens with one attached hydrogen (secondary N) is 1. The predicted molar refractivity (Wildman–Crippen MR) is 74.0 cm³/mol. The molecule has 0 fully saturated rings. The molecule has 102 valence electrons. The lowest BCUT2D eigenvalue weighted by molar-refractivity contribution is 0.506. The molecule has 0 spiro atoms. The van der Waals surface area contributed by atoms with Crippen molar-refractivity contribution in [3.05, 3.63) is 29.8 Å². The summed E-state index contributed by atoms with van der Waals surface area (Å²) in [4.78, 5) is 0.770. The Morgan fingerprint density at radius 3 is 2.50 bits per heavy atom. The summed E-state index contributed by atoms with van der Waals surface area (Å²) in [5, 5.41) is 3.71. The molecule has 1 rings (SSSR count). The molecule has 1 nitrogen and oxygen atoms in total. The highest BCUT2D eigenvalue weighted by molar-refractivity contribution is 8.00. The average Bonchev–Trinajstić information content (AvgIpc) is 2.29. The molecule has 0 bridgehead atoms. The Bertz CT molecular complexity index is 369. The van der Waals surface area contributed by atoms with E-state index >= 15 is 0 Å². The summed E-state index contributed by atoms with van der Waals surface area (Å²) in [6, 6.07) is 4.05. The third-order valence-corrected chi connectivity index (χ3v) is 3.65. The maximum Gasteiger partial charge on any atom is 0.159 e. The molecule has 0 aliphatic heterocycles. The number of hydrogen-bond donors (Lipinski definition) is 1. The van der Waals surface area contributed by atoms with E-state index in [-0.39, 0.29) is 0 Å². The minimum atomic E-state index is -0.790. The highest BCUT2D eigenvalue weighted by atomic mass is 32.2. The molecule has 1 aromatic rings. The van der Waals surface area contributed by atoms with Crippen LogP contribution in [0.5, 0.6) is 0 Å². The third-order valence-electron chi connectivity index (χ3n) is 2.56. The van der Waals surface area contributed by atoms with Crippen molar-refractivity contribution in [3.8, 4) is 0 Å². The first kappa shape index (κ1) is 15.4. The first-order chi connectivity index (χ1) is 8.49. The topological polar surface area (TPSA) is 12.0 Å². The summed E-state index contributed by atoms with van der Waals surface area (Å²) in [5.41, 5.74) is 0. The summed E-state index contributed by atoms with van der Waals surface area (Å²) >= 11 is 1.56. The van der Waals surface area contributed by atoms with Gasteiger partial charge in [0.1, 0.15) is 0 Å². The van der Waals surface area contributed by atoms with Crippen molar-refractivity contribution in [2.24, 2.45) is 5.92 Å². The smallest absolute Gasteiger partial charge is 0.159 e. The second-order valence-corrected chi connectivity index (χ2v) is 6.40. The normalized spacial score (nSPS) is 13.0. The van der Waals surface area contributed by atoms with Gasteiger partial charge < -0.3 is 5.32 Å². The van der Waals surface area contributed by atoms with Crippen molar-refractivity contribution in [2.75, 3.05) is 13.1 Å². The molecule has 1 atom stereocenters. The fourth-order valence-electron chi connectivity index (χ4n) is 1.52. The van der Waals surface area contributed by atoms with E-state index in [1.54, 1.807) is 17.8 Å². The van der Waals surface area contributed by atoms with Gasteiger partial charge in [0, 0.05) is 16.7 Å². The van der Waals surface area contributed by atoms with Crippen LogP contribution in [-0.2, 0) is 0 Å². The lowest BCUT2D eigenvalue weighted by Crippen LogP contribution is -2.24. The standard InChI is InChI=1S/C14H21F2NS/c1-10(2)6-7-17-9-11(3)18-12-4-5-13(15)14(16)8-12/h4-5,8,10-11,17H,6-7,9H2,1-3H3. The van der Waals surface area contributed by atoms with Crippen LogP contribution in [0.15, 0.2) is 23.1 Å². The predicted octanol–water partition coefficient (Wildman–Crippen LogP) is 4.08. The van der Waals surface area contributed by atoms with Gasteiger partial charge in [-0.05, 0) is 37.1 Å². The summed E-state index contributed by atoms with van der Waals surface area (Å²) in [6.07, 6.45) is 1.16. The molecule has 1 unspecified atom stereocenters. The lowest BCUT2D eigenvalue weighted by Gasteiger charge is -2.13. The van der Waals surface area contributed by atoms with Crippen molar-refractivity contribution in [3.63, 3.8) is 0 Å². The maximum atomic E-state index is 13.0. The first-order valence-electron chi connectivity index (χ1n) is 6.31. The van der Waals surface area contributed by atoms with Gasteiger partial charge in [-0.3, -0.25) is 0 Å². The number of hydrogen-bond acceptors (Lipinski definition) is 2. The molecular weight excluding hydrogens is 252 g/mol. The maximum absolute atomic E-state index is 13.0. The largest absolute Gasteiger partial charge is 0.316 e. The second kappa shape index (κ2) is 7.74. The minimum absolute atomic E-state index is 0.335. The number of rotatable bonds is 7. The Morgan fingerprint density at radius 1 is 1.17 bits per heavy atom. The summed E-state index contributed by atoms with van der Waals surface area (Å²) in [7, 11) is 0. The average molecular weight is 273 g/mol. The van der Waals surface area contributed by atoms with Crippen LogP contribution in [0.3, 0.4) is 0 Å². The molecule has 0 heterocycles. The van der Waals surface area contributed by atoms with Gasteiger partial charge in [-0.15, -0.1) is 11.8 Å². The van der Waals surface area contributed by atoms with Crippen LogP contribution in [0.25, 0.3) is 0 Å². The fourth-order valence-corrected chi connectivity index (χ4v) is 2.50. The Morgan fingerprint density at radius 2 is 1.89 bits per heavy atom. The van der Waals surface area contributed by atoms with Crippen molar-refractivity contribution < 1.29 is 8.78 Å². The lowest BCUT2D eigenvalue weighted by atomic mass is 10.1. The Balaban J connectivity index is 2.31. The van der Waals surface area contributed by atoms with Crippen LogP contribution < -0.4 is 5.32 Å². The fraction of sp³-hybridized carbons (Fsp3) is 0.571. The van der Waals surface area contributed by atoms with Gasteiger partial charge in [0.05, 0.1) is 0 Å².